The van der Waals surface area contributed by atoms with Gasteiger partial charge in [0.25, 0.3) is 0 Å². The molecule has 19 heavy (non-hydrogen) atoms. The van der Waals surface area contributed by atoms with Crippen LogP contribution in [0.15, 0.2) is 24.3 Å². The number of hydrogen-bond acceptors (Lipinski definition) is 4. The molecular formula is C14H20N2O3. The second-order valence-electron chi connectivity index (χ2n) is 5.39. The number of aliphatic hydroxyl groups is 1. The number of methoxy groups -OCH3 is 1. The molecular weight excluding hydrogens is 244 g/mol. The van der Waals surface area contributed by atoms with Crippen LogP contribution in [0.4, 0.5) is 5.69 Å². The zero-order valence-corrected chi connectivity index (χ0v) is 11.5. The van der Waals surface area contributed by atoms with Crippen molar-refractivity contribution in [2.45, 2.75) is 25.4 Å². The van der Waals surface area contributed by atoms with E-state index in [9.17, 15) is 9.90 Å². The molecule has 1 aliphatic rings. The monoisotopic (exact) mass is 264 g/mol. The zero-order chi connectivity index (χ0) is 14.0. The molecule has 1 fully saturated rings. The number of anilines is 1. The largest absolute Gasteiger partial charge is 0.497 e. The third-order valence-electron chi connectivity index (χ3n) is 3.23. The van der Waals surface area contributed by atoms with Gasteiger partial charge in [-0.1, -0.05) is 6.07 Å². The van der Waals surface area contributed by atoms with Crippen molar-refractivity contribution in [1.82, 2.24) is 5.32 Å². The second-order valence-corrected chi connectivity index (χ2v) is 5.39. The highest BCUT2D eigenvalue weighted by Gasteiger charge is 2.38. The number of ether oxygens (including phenoxy) is 1. The molecule has 1 unspecified atom stereocenters. The Morgan fingerprint density at radius 2 is 2.26 bits per heavy atom. The average molecular weight is 264 g/mol. The molecule has 0 saturated carbocycles. The minimum Gasteiger partial charge on any atom is -0.497 e. The van der Waals surface area contributed by atoms with E-state index in [-0.39, 0.29) is 18.1 Å². The molecule has 1 aromatic rings. The summed E-state index contributed by atoms with van der Waals surface area (Å²) in [4.78, 5) is 14.0. The summed E-state index contributed by atoms with van der Waals surface area (Å²) >= 11 is 0. The molecule has 1 heterocycles. The van der Waals surface area contributed by atoms with E-state index in [4.69, 9.17) is 4.74 Å². The van der Waals surface area contributed by atoms with Crippen molar-refractivity contribution in [1.29, 1.82) is 0 Å². The van der Waals surface area contributed by atoms with Gasteiger partial charge in [0, 0.05) is 23.8 Å². The van der Waals surface area contributed by atoms with E-state index in [0.717, 1.165) is 5.69 Å². The number of rotatable bonds is 3. The lowest BCUT2D eigenvalue weighted by atomic mass is 9.97. The summed E-state index contributed by atoms with van der Waals surface area (Å²) in [5, 5.41) is 12.5. The Morgan fingerprint density at radius 1 is 1.53 bits per heavy atom. The van der Waals surface area contributed by atoms with Crippen molar-refractivity contribution in [2.75, 3.05) is 25.2 Å². The Kier molecular flexibility index (Phi) is 3.78. The highest BCUT2D eigenvalue weighted by Crippen LogP contribution is 2.26. The number of aliphatic hydroxyl groups excluding tert-OH is 1. The fraction of sp³-hybridized carbons (Fsp3) is 0.500. The number of piperazine rings is 1. The molecule has 0 aliphatic carbocycles. The number of amides is 1. The van der Waals surface area contributed by atoms with Crippen LogP contribution in [0.25, 0.3) is 0 Å². The zero-order valence-electron chi connectivity index (χ0n) is 11.5. The van der Waals surface area contributed by atoms with E-state index in [1.807, 2.05) is 38.1 Å². The van der Waals surface area contributed by atoms with Crippen LogP contribution in [0.5, 0.6) is 5.75 Å². The first-order valence-corrected chi connectivity index (χ1v) is 6.31. The van der Waals surface area contributed by atoms with Gasteiger partial charge in [-0.05, 0) is 26.0 Å². The van der Waals surface area contributed by atoms with Gasteiger partial charge in [0.1, 0.15) is 11.8 Å². The molecule has 0 radical (unpaired) electrons. The van der Waals surface area contributed by atoms with E-state index >= 15 is 0 Å². The van der Waals surface area contributed by atoms with Crippen molar-refractivity contribution < 1.29 is 14.6 Å². The Morgan fingerprint density at radius 3 is 2.89 bits per heavy atom. The highest BCUT2D eigenvalue weighted by atomic mass is 16.5. The number of carbonyl (C=O) groups excluding carboxylic acids is 1. The molecule has 0 aromatic heterocycles. The number of hydrogen-bond donors (Lipinski definition) is 2. The molecule has 2 rings (SSSR count). The van der Waals surface area contributed by atoms with E-state index in [1.165, 1.54) is 0 Å². The smallest absolute Gasteiger partial charge is 0.246 e. The maximum Gasteiger partial charge on any atom is 0.246 e. The first kappa shape index (κ1) is 13.8. The van der Waals surface area contributed by atoms with Crippen LogP contribution >= 0.6 is 0 Å². The topological polar surface area (TPSA) is 61.8 Å². The van der Waals surface area contributed by atoms with Crippen LogP contribution in [0.1, 0.15) is 13.8 Å². The molecule has 1 aliphatic heterocycles. The summed E-state index contributed by atoms with van der Waals surface area (Å²) < 4.78 is 5.18. The molecule has 104 valence electrons. The normalized spacial score (nSPS) is 22.4. The SMILES string of the molecule is COc1cccc(N2CC(C)(C)NC(CO)C2=O)c1. The number of nitrogens with one attached hydrogen (secondary N) is 1. The second kappa shape index (κ2) is 5.19. The van der Waals surface area contributed by atoms with Crippen LogP contribution in [0.3, 0.4) is 0 Å². The van der Waals surface area contributed by atoms with Crippen LogP contribution in [0.2, 0.25) is 0 Å². The maximum absolute atomic E-state index is 12.3. The Balaban J connectivity index is 2.32. The first-order chi connectivity index (χ1) is 8.96. The van der Waals surface area contributed by atoms with Gasteiger partial charge in [-0.3, -0.25) is 10.1 Å². The van der Waals surface area contributed by atoms with Crippen LogP contribution in [-0.2, 0) is 4.79 Å². The summed E-state index contributed by atoms with van der Waals surface area (Å²) in [6, 6.07) is 6.83. The van der Waals surface area contributed by atoms with Gasteiger partial charge >= 0.3 is 0 Å². The summed E-state index contributed by atoms with van der Waals surface area (Å²) in [5.74, 6) is 0.595. The summed E-state index contributed by atoms with van der Waals surface area (Å²) in [7, 11) is 1.60. The van der Waals surface area contributed by atoms with Gasteiger partial charge in [-0.25, -0.2) is 0 Å². The van der Waals surface area contributed by atoms with Gasteiger partial charge in [-0.2, -0.15) is 0 Å². The molecule has 1 amide bonds. The summed E-state index contributed by atoms with van der Waals surface area (Å²) in [6.07, 6.45) is 0. The number of carbonyl (C=O) groups is 1. The van der Waals surface area contributed by atoms with Gasteiger partial charge < -0.3 is 14.7 Å². The maximum atomic E-state index is 12.3. The van der Waals surface area contributed by atoms with Crippen molar-refractivity contribution >= 4 is 11.6 Å². The van der Waals surface area contributed by atoms with Crippen molar-refractivity contribution in [3.05, 3.63) is 24.3 Å². The predicted octanol–water partition coefficient (Wildman–Crippen LogP) is 0.771. The molecule has 5 heteroatoms. The number of benzene rings is 1. The minimum atomic E-state index is -0.560. The third kappa shape index (κ3) is 2.88. The van der Waals surface area contributed by atoms with Gasteiger partial charge in [0.15, 0.2) is 0 Å². The Labute approximate surface area is 113 Å². The average Bonchev–Trinajstić information content (AvgIpc) is 2.41. The molecule has 0 spiro atoms. The van der Waals surface area contributed by atoms with E-state index in [0.29, 0.717) is 12.3 Å². The van der Waals surface area contributed by atoms with Crippen molar-refractivity contribution in [2.24, 2.45) is 0 Å². The highest BCUT2D eigenvalue weighted by molar-refractivity contribution is 5.98. The fourth-order valence-corrected chi connectivity index (χ4v) is 2.36. The summed E-state index contributed by atoms with van der Waals surface area (Å²) in [6.45, 7) is 4.36. The van der Waals surface area contributed by atoms with Gasteiger partial charge in [-0.15, -0.1) is 0 Å². The predicted molar refractivity (Wildman–Crippen MR) is 73.4 cm³/mol. The lowest BCUT2D eigenvalue weighted by Crippen LogP contribution is -2.66. The molecule has 1 atom stereocenters. The first-order valence-electron chi connectivity index (χ1n) is 6.31. The Hall–Kier alpha value is -1.59. The van der Waals surface area contributed by atoms with Crippen LogP contribution in [0, 0.1) is 0 Å². The van der Waals surface area contributed by atoms with Crippen molar-refractivity contribution in [3.63, 3.8) is 0 Å². The van der Waals surface area contributed by atoms with E-state index < -0.39 is 6.04 Å². The molecule has 1 aromatic carbocycles. The lowest BCUT2D eigenvalue weighted by molar-refractivity contribution is -0.124. The van der Waals surface area contributed by atoms with E-state index in [2.05, 4.69) is 5.32 Å². The van der Waals surface area contributed by atoms with E-state index in [1.54, 1.807) is 12.0 Å². The lowest BCUT2D eigenvalue weighted by Gasteiger charge is -2.42. The molecule has 1 saturated heterocycles. The molecule has 5 nitrogen and oxygen atoms in total. The summed E-state index contributed by atoms with van der Waals surface area (Å²) in [5.41, 5.74) is 0.544. The van der Waals surface area contributed by atoms with Gasteiger partial charge in [0.2, 0.25) is 5.91 Å². The van der Waals surface area contributed by atoms with Crippen LogP contribution in [-0.4, -0.2) is 42.9 Å². The van der Waals surface area contributed by atoms with Crippen molar-refractivity contribution in [3.8, 4) is 5.75 Å². The van der Waals surface area contributed by atoms with Gasteiger partial charge in [0.05, 0.1) is 13.7 Å². The minimum absolute atomic E-state index is 0.116. The van der Waals surface area contributed by atoms with Crippen LogP contribution < -0.4 is 15.0 Å². The number of nitrogens with zero attached hydrogens (tertiary/aromatic N) is 1. The quantitative estimate of drug-likeness (QED) is 0.846. The molecule has 2 N–H and O–H groups in total. The molecule has 0 bridgehead atoms. The standard InChI is InChI=1S/C14H20N2O3/c1-14(2)9-16(13(18)12(8-17)15-14)10-5-4-6-11(7-10)19-3/h4-7,12,15,17H,8-9H2,1-3H3. The Bertz CT molecular complexity index is 474. The fourth-order valence-electron chi connectivity index (χ4n) is 2.36. The third-order valence-corrected chi connectivity index (χ3v) is 3.23.